The van der Waals surface area contributed by atoms with Gasteiger partial charge in [-0.25, -0.2) is 9.18 Å². The van der Waals surface area contributed by atoms with Crippen LogP contribution in [0.25, 0.3) is 0 Å². The average Bonchev–Trinajstić information content (AvgIpc) is 2.86. The topological polar surface area (TPSA) is 84.5 Å². The van der Waals surface area contributed by atoms with E-state index in [1.54, 1.807) is 6.07 Å². The van der Waals surface area contributed by atoms with Gasteiger partial charge >= 0.3 is 5.97 Å². The maximum Gasteiger partial charge on any atom is 0.329 e. The number of carbonyl (C=O) groups is 3. The predicted octanol–water partition coefficient (Wildman–Crippen LogP) is 1.35. The minimum Gasteiger partial charge on any atom is -0.454 e. The molecule has 1 heterocycles. The number of esters is 1. The van der Waals surface area contributed by atoms with Crippen molar-refractivity contribution in [1.29, 1.82) is 0 Å². The third kappa shape index (κ3) is 4.25. The van der Waals surface area contributed by atoms with Gasteiger partial charge in [0.15, 0.2) is 6.61 Å². The zero-order chi connectivity index (χ0) is 15.4. The quantitative estimate of drug-likeness (QED) is 0.795. The molecule has 8 heteroatoms. The van der Waals surface area contributed by atoms with Gasteiger partial charge in [0.1, 0.15) is 11.9 Å². The second-order valence-corrected chi connectivity index (χ2v) is 5.35. The zero-order valence-corrected chi connectivity index (χ0v) is 12.4. The van der Waals surface area contributed by atoms with Crippen LogP contribution >= 0.6 is 15.9 Å². The summed E-state index contributed by atoms with van der Waals surface area (Å²) < 4.78 is 18.8. The van der Waals surface area contributed by atoms with Crippen molar-refractivity contribution in [1.82, 2.24) is 5.32 Å². The van der Waals surface area contributed by atoms with Crippen LogP contribution in [0.5, 0.6) is 0 Å². The van der Waals surface area contributed by atoms with E-state index in [2.05, 4.69) is 26.6 Å². The zero-order valence-electron chi connectivity index (χ0n) is 10.8. The Labute approximate surface area is 128 Å². The molecule has 0 bridgehead atoms. The first-order valence-corrected chi connectivity index (χ1v) is 6.96. The van der Waals surface area contributed by atoms with Crippen LogP contribution < -0.4 is 10.6 Å². The van der Waals surface area contributed by atoms with Crippen LogP contribution in [0.15, 0.2) is 22.7 Å². The van der Waals surface area contributed by atoms with Crippen molar-refractivity contribution in [3.63, 3.8) is 0 Å². The Kier molecular flexibility index (Phi) is 4.89. The Morgan fingerprint density at radius 1 is 1.48 bits per heavy atom. The van der Waals surface area contributed by atoms with E-state index in [1.165, 1.54) is 12.1 Å². The lowest BCUT2D eigenvalue weighted by atomic mass is 10.2. The normalized spacial score (nSPS) is 17.2. The summed E-state index contributed by atoms with van der Waals surface area (Å²) in [5, 5.41) is 4.72. The van der Waals surface area contributed by atoms with Gasteiger partial charge in [0, 0.05) is 10.9 Å². The van der Waals surface area contributed by atoms with E-state index >= 15 is 0 Å². The van der Waals surface area contributed by atoms with Crippen molar-refractivity contribution in [3.05, 3.63) is 28.5 Å². The molecule has 0 radical (unpaired) electrons. The number of anilines is 1. The molecule has 0 aliphatic carbocycles. The van der Waals surface area contributed by atoms with Gasteiger partial charge in [-0.1, -0.05) is 15.9 Å². The van der Waals surface area contributed by atoms with Crippen molar-refractivity contribution in [2.24, 2.45) is 0 Å². The van der Waals surface area contributed by atoms with Gasteiger partial charge in [0.2, 0.25) is 5.91 Å². The molecule has 1 saturated heterocycles. The summed E-state index contributed by atoms with van der Waals surface area (Å²) >= 11 is 3.10. The smallest absolute Gasteiger partial charge is 0.329 e. The van der Waals surface area contributed by atoms with Crippen LogP contribution in [-0.4, -0.2) is 30.4 Å². The number of carbonyl (C=O) groups excluding carboxylic acids is 3. The monoisotopic (exact) mass is 358 g/mol. The van der Waals surface area contributed by atoms with Crippen LogP contribution in [-0.2, 0) is 19.1 Å². The van der Waals surface area contributed by atoms with Crippen molar-refractivity contribution in [2.45, 2.75) is 18.9 Å². The van der Waals surface area contributed by atoms with Gasteiger partial charge in [-0.05, 0) is 24.6 Å². The first kappa shape index (κ1) is 15.4. The lowest BCUT2D eigenvalue weighted by Gasteiger charge is -2.10. The molecular formula is C13H12BrFN2O4. The molecule has 112 valence electrons. The van der Waals surface area contributed by atoms with E-state index in [1.807, 2.05) is 0 Å². The van der Waals surface area contributed by atoms with Gasteiger partial charge in [0.25, 0.3) is 5.91 Å². The highest BCUT2D eigenvalue weighted by molar-refractivity contribution is 9.10. The molecular weight excluding hydrogens is 347 g/mol. The lowest BCUT2D eigenvalue weighted by molar-refractivity contribution is -0.149. The highest BCUT2D eigenvalue weighted by Gasteiger charge is 2.28. The molecule has 1 aliphatic rings. The summed E-state index contributed by atoms with van der Waals surface area (Å²) in [5.74, 6) is -2.16. The van der Waals surface area contributed by atoms with Gasteiger partial charge < -0.3 is 15.4 Å². The Morgan fingerprint density at radius 2 is 2.24 bits per heavy atom. The van der Waals surface area contributed by atoms with E-state index in [0.717, 1.165) is 0 Å². The second kappa shape index (κ2) is 6.66. The van der Waals surface area contributed by atoms with Gasteiger partial charge in [-0.15, -0.1) is 0 Å². The number of ether oxygens (including phenoxy) is 1. The van der Waals surface area contributed by atoms with Crippen LogP contribution in [0.1, 0.15) is 12.8 Å². The van der Waals surface area contributed by atoms with Crippen LogP contribution in [0, 0.1) is 5.82 Å². The summed E-state index contributed by atoms with van der Waals surface area (Å²) in [6.07, 6.45) is 0.608. The molecule has 2 N–H and O–H groups in total. The van der Waals surface area contributed by atoms with Crippen molar-refractivity contribution < 1.29 is 23.5 Å². The molecule has 1 aromatic carbocycles. The molecule has 0 aromatic heterocycles. The maximum absolute atomic E-state index is 13.5. The summed E-state index contributed by atoms with van der Waals surface area (Å²) in [5.41, 5.74) is -0.00609. The summed E-state index contributed by atoms with van der Waals surface area (Å²) in [6, 6.07) is 3.44. The molecule has 0 saturated carbocycles. The highest BCUT2D eigenvalue weighted by Crippen LogP contribution is 2.19. The fraction of sp³-hybridized carbons (Fsp3) is 0.308. The molecule has 1 aliphatic heterocycles. The Morgan fingerprint density at radius 3 is 2.86 bits per heavy atom. The van der Waals surface area contributed by atoms with Crippen molar-refractivity contribution in [3.8, 4) is 0 Å². The van der Waals surface area contributed by atoms with Gasteiger partial charge in [-0.2, -0.15) is 0 Å². The summed E-state index contributed by atoms with van der Waals surface area (Å²) in [4.78, 5) is 34.1. The lowest BCUT2D eigenvalue weighted by Crippen LogP contribution is -2.36. The molecule has 1 atom stereocenters. The van der Waals surface area contributed by atoms with Crippen LogP contribution in [0.2, 0.25) is 0 Å². The number of benzene rings is 1. The first-order valence-electron chi connectivity index (χ1n) is 6.16. The van der Waals surface area contributed by atoms with E-state index < -0.39 is 30.3 Å². The molecule has 1 fully saturated rings. The molecule has 2 amide bonds. The van der Waals surface area contributed by atoms with Gasteiger partial charge in [0.05, 0.1) is 5.69 Å². The number of hydrogen-bond donors (Lipinski definition) is 2. The molecule has 6 nitrogen and oxygen atoms in total. The van der Waals surface area contributed by atoms with E-state index in [-0.39, 0.29) is 18.0 Å². The third-order valence-corrected chi connectivity index (χ3v) is 3.32. The van der Waals surface area contributed by atoms with Crippen molar-refractivity contribution in [2.75, 3.05) is 11.9 Å². The fourth-order valence-electron chi connectivity index (χ4n) is 1.81. The van der Waals surface area contributed by atoms with E-state index in [4.69, 9.17) is 4.74 Å². The molecule has 0 spiro atoms. The van der Waals surface area contributed by atoms with Crippen LogP contribution in [0.3, 0.4) is 0 Å². The third-order valence-electron chi connectivity index (χ3n) is 2.83. The number of rotatable bonds is 4. The highest BCUT2D eigenvalue weighted by atomic mass is 79.9. The van der Waals surface area contributed by atoms with Crippen LogP contribution in [0.4, 0.5) is 10.1 Å². The van der Waals surface area contributed by atoms with E-state index in [0.29, 0.717) is 10.9 Å². The maximum atomic E-state index is 13.5. The molecule has 1 aromatic rings. The Balaban J connectivity index is 1.82. The van der Waals surface area contributed by atoms with E-state index in [9.17, 15) is 18.8 Å². The number of hydrogen-bond acceptors (Lipinski definition) is 4. The first-order chi connectivity index (χ1) is 9.95. The van der Waals surface area contributed by atoms with Gasteiger partial charge in [-0.3, -0.25) is 9.59 Å². The number of halogens is 2. The minimum atomic E-state index is -0.713. The fourth-order valence-corrected chi connectivity index (χ4v) is 2.14. The summed E-state index contributed by atoms with van der Waals surface area (Å²) in [6.45, 7) is -0.541. The largest absolute Gasteiger partial charge is 0.454 e. The van der Waals surface area contributed by atoms with Crippen molar-refractivity contribution >= 4 is 39.4 Å². The Bertz CT molecular complexity index is 594. The minimum absolute atomic E-state index is 0.00609. The SMILES string of the molecule is O=C(COC(=O)C1CCC(=O)N1)Nc1ccc(Br)cc1F. The average molecular weight is 359 g/mol. The standard InChI is InChI=1S/C13H12BrFN2O4/c14-7-1-2-9(8(15)5-7)16-12(19)6-21-13(20)10-3-4-11(18)17-10/h1-2,5,10H,3-4,6H2,(H,16,19)(H,17,18). The molecule has 21 heavy (non-hydrogen) atoms. The Hall–Kier alpha value is -1.96. The second-order valence-electron chi connectivity index (χ2n) is 4.44. The molecule has 2 rings (SSSR count). The predicted molar refractivity (Wildman–Crippen MR) is 74.9 cm³/mol. The molecule has 1 unspecified atom stereocenters. The number of nitrogens with one attached hydrogen (secondary N) is 2. The summed E-state index contributed by atoms with van der Waals surface area (Å²) in [7, 11) is 0. The number of amides is 2.